The number of nitrogens with zero attached hydrogens (tertiary/aromatic N) is 3. The molecule has 0 aliphatic carbocycles. The van der Waals surface area contributed by atoms with Crippen molar-refractivity contribution in [2.45, 2.75) is 18.9 Å². The Morgan fingerprint density at radius 3 is 2.58 bits per heavy atom. The van der Waals surface area contributed by atoms with Gasteiger partial charge in [-0.1, -0.05) is 33.2 Å². The molecule has 1 aliphatic rings. The molecule has 134 valence electrons. The highest BCUT2D eigenvalue weighted by Gasteiger charge is 2.30. The third-order valence-corrected chi connectivity index (χ3v) is 5.19. The number of likely N-dealkylation sites (tertiary alicyclic amines) is 1. The molecule has 0 saturated carbocycles. The molecule has 1 fully saturated rings. The van der Waals surface area contributed by atoms with E-state index >= 15 is 0 Å². The molecule has 6 heteroatoms. The van der Waals surface area contributed by atoms with Gasteiger partial charge < -0.3 is 9.26 Å². The number of halogens is 1. The van der Waals surface area contributed by atoms with Crippen molar-refractivity contribution < 1.29 is 9.26 Å². The number of ether oxygens (including phenoxy) is 1. The van der Waals surface area contributed by atoms with E-state index in [0.717, 1.165) is 34.4 Å². The first-order valence-corrected chi connectivity index (χ1v) is 9.51. The summed E-state index contributed by atoms with van der Waals surface area (Å²) in [6.07, 6.45) is 2.40. The zero-order valence-electron chi connectivity index (χ0n) is 14.6. The van der Waals surface area contributed by atoms with Crippen LogP contribution in [0.2, 0.25) is 0 Å². The molecule has 2 aromatic carbocycles. The summed E-state index contributed by atoms with van der Waals surface area (Å²) in [5, 5.41) is 4.22. The lowest BCUT2D eigenvalue weighted by atomic mass is 10.1. The monoisotopic (exact) mass is 413 g/mol. The van der Waals surface area contributed by atoms with Gasteiger partial charge in [-0.3, -0.25) is 4.90 Å². The molecule has 2 heterocycles. The second kappa shape index (κ2) is 7.60. The van der Waals surface area contributed by atoms with Gasteiger partial charge in [-0.2, -0.15) is 4.98 Å². The summed E-state index contributed by atoms with van der Waals surface area (Å²) >= 11 is 3.57. The molecule has 0 radical (unpaired) electrons. The van der Waals surface area contributed by atoms with E-state index in [1.807, 2.05) is 36.4 Å². The maximum atomic E-state index is 5.70. The van der Waals surface area contributed by atoms with Gasteiger partial charge in [0, 0.05) is 10.0 Å². The third-order valence-electron chi connectivity index (χ3n) is 4.69. The van der Waals surface area contributed by atoms with E-state index in [1.165, 1.54) is 12.8 Å². The fourth-order valence-corrected chi connectivity index (χ4v) is 3.81. The van der Waals surface area contributed by atoms with E-state index in [4.69, 9.17) is 14.2 Å². The Morgan fingerprint density at radius 2 is 1.88 bits per heavy atom. The first kappa shape index (κ1) is 17.2. The highest BCUT2D eigenvalue weighted by Crippen LogP contribution is 2.33. The summed E-state index contributed by atoms with van der Waals surface area (Å²) in [6.45, 7) is 2.08. The number of hydrogen-bond acceptors (Lipinski definition) is 5. The molecular weight excluding hydrogens is 394 g/mol. The minimum absolute atomic E-state index is 0.0190. The predicted octanol–water partition coefficient (Wildman–Crippen LogP) is 4.69. The average Bonchev–Trinajstić information content (AvgIpc) is 3.35. The van der Waals surface area contributed by atoms with Crippen LogP contribution < -0.4 is 4.74 Å². The first-order valence-electron chi connectivity index (χ1n) is 8.72. The third kappa shape index (κ3) is 3.52. The van der Waals surface area contributed by atoms with Crippen LogP contribution in [0.3, 0.4) is 0 Å². The highest BCUT2D eigenvalue weighted by atomic mass is 79.9. The second-order valence-electron chi connectivity index (χ2n) is 6.39. The fourth-order valence-electron chi connectivity index (χ4n) is 3.39. The molecule has 1 atom stereocenters. The van der Waals surface area contributed by atoms with Gasteiger partial charge in [0.25, 0.3) is 0 Å². The number of benzene rings is 2. The second-order valence-corrected chi connectivity index (χ2v) is 7.30. The van der Waals surface area contributed by atoms with E-state index in [9.17, 15) is 0 Å². The Balaban J connectivity index is 1.68. The van der Waals surface area contributed by atoms with Crippen LogP contribution in [0.15, 0.2) is 57.5 Å². The lowest BCUT2D eigenvalue weighted by Crippen LogP contribution is -2.26. The van der Waals surface area contributed by atoms with Crippen LogP contribution in [-0.2, 0) is 0 Å². The zero-order chi connectivity index (χ0) is 17.9. The maximum absolute atomic E-state index is 5.70. The summed E-state index contributed by atoms with van der Waals surface area (Å²) in [5.41, 5.74) is 2.07. The average molecular weight is 414 g/mol. The lowest BCUT2D eigenvalue weighted by molar-refractivity contribution is 0.225. The van der Waals surface area contributed by atoms with Crippen molar-refractivity contribution in [3.8, 4) is 17.1 Å². The predicted molar refractivity (Wildman–Crippen MR) is 103 cm³/mol. The molecule has 3 aromatic rings. The SMILES string of the molecule is COc1ccc(-c2noc([C@@H](c3cccc(Br)c3)N3CCCC3)n2)cc1. The summed E-state index contributed by atoms with van der Waals surface area (Å²) in [6, 6.07) is 16.0. The van der Waals surface area contributed by atoms with E-state index < -0.39 is 0 Å². The molecule has 1 aromatic heterocycles. The van der Waals surface area contributed by atoms with Gasteiger partial charge in [0.2, 0.25) is 11.7 Å². The molecule has 4 rings (SSSR count). The molecule has 5 nitrogen and oxygen atoms in total. The molecular formula is C20H20BrN3O2. The van der Waals surface area contributed by atoms with Gasteiger partial charge in [-0.05, 0) is 67.9 Å². The maximum Gasteiger partial charge on any atom is 0.248 e. The van der Waals surface area contributed by atoms with Crippen LogP contribution in [0, 0.1) is 0 Å². The molecule has 26 heavy (non-hydrogen) atoms. The Bertz CT molecular complexity index is 873. The van der Waals surface area contributed by atoms with Crippen LogP contribution in [0.4, 0.5) is 0 Å². The number of hydrogen-bond donors (Lipinski definition) is 0. The Kier molecular flexibility index (Phi) is 5.04. The smallest absolute Gasteiger partial charge is 0.248 e. The Morgan fingerprint density at radius 1 is 1.12 bits per heavy atom. The standard InChI is InChI=1S/C20H20BrN3O2/c1-25-17-9-7-14(8-10-17)19-22-20(26-23-19)18(24-11-2-3-12-24)15-5-4-6-16(21)13-15/h4-10,13,18H,2-3,11-12H2,1H3/t18-/m1/s1. The molecule has 0 N–H and O–H groups in total. The van der Waals surface area contributed by atoms with Crippen LogP contribution in [0.5, 0.6) is 5.75 Å². The van der Waals surface area contributed by atoms with E-state index in [0.29, 0.717) is 11.7 Å². The zero-order valence-corrected chi connectivity index (χ0v) is 16.1. The van der Waals surface area contributed by atoms with Crippen LogP contribution >= 0.6 is 15.9 Å². The fraction of sp³-hybridized carbons (Fsp3) is 0.300. The number of aromatic nitrogens is 2. The van der Waals surface area contributed by atoms with E-state index in [1.54, 1.807) is 7.11 Å². The normalized spacial score (nSPS) is 15.9. The summed E-state index contributed by atoms with van der Waals surface area (Å²) in [7, 11) is 1.65. The highest BCUT2D eigenvalue weighted by molar-refractivity contribution is 9.10. The van der Waals surface area contributed by atoms with Crippen molar-refractivity contribution >= 4 is 15.9 Å². The minimum atomic E-state index is -0.0190. The van der Waals surface area contributed by atoms with Gasteiger partial charge in [0.15, 0.2) is 0 Å². The minimum Gasteiger partial charge on any atom is -0.497 e. The largest absolute Gasteiger partial charge is 0.497 e. The van der Waals surface area contributed by atoms with Gasteiger partial charge >= 0.3 is 0 Å². The van der Waals surface area contributed by atoms with E-state index in [-0.39, 0.29) is 6.04 Å². The van der Waals surface area contributed by atoms with Crippen LogP contribution in [0.1, 0.15) is 30.3 Å². The molecule has 1 saturated heterocycles. The van der Waals surface area contributed by atoms with Gasteiger partial charge in [-0.15, -0.1) is 0 Å². The summed E-state index contributed by atoms with van der Waals surface area (Å²) < 4.78 is 12.0. The quantitative estimate of drug-likeness (QED) is 0.606. The Hall–Kier alpha value is -2.18. The van der Waals surface area contributed by atoms with Crippen molar-refractivity contribution in [2.75, 3.05) is 20.2 Å². The molecule has 0 bridgehead atoms. The van der Waals surface area contributed by atoms with E-state index in [2.05, 4.69) is 38.1 Å². The van der Waals surface area contributed by atoms with Gasteiger partial charge in [-0.25, -0.2) is 0 Å². The number of methoxy groups -OCH3 is 1. The van der Waals surface area contributed by atoms with Crippen molar-refractivity contribution in [2.24, 2.45) is 0 Å². The number of rotatable bonds is 5. The van der Waals surface area contributed by atoms with Crippen LogP contribution in [0.25, 0.3) is 11.4 Å². The topological polar surface area (TPSA) is 51.4 Å². The molecule has 0 unspecified atom stereocenters. The summed E-state index contributed by atoms with van der Waals surface area (Å²) in [5.74, 6) is 2.04. The van der Waals surface area contributed by atoms with Crippen molar-refractivity contribution in [1.29, 1.82) is 0 Å². The molecule has 0 amide bonds. The first-order chi connectivity index (χ1) is 12.7. The van der Waals surface area contributed by atoms with Crippen molar-refractivity contribution in [3.05, 3.63) is 64.5 Å². The van der Waals surface area contributed by atoms with Gasteiger partial charge in [0.1, 0.15) is 11.8 Å². The molecule has 1 aliphatic heterocycles. The van der Waals surface area contributed by atoms with Crippen molar-refractivity contribution in [1.82, 2.24) is 15.0 Å². The van der Waals surface area contributed by atoms with Gasteiger partial charge in [0.05, 0.1) is 7.11 Å². The summed E-state index contributed by atoms with van der Waals surface area (Å²) in [4.78, 5) is 7.12. The van der Waals surface area contributed by atoms with Crippen molar-refractivity contribution in [3.63, 3.8) is 0 Å². The Labute approximate surface area is 161 Å². The lowest BCUT2D eigenvalue weighted by Gasteiger charge is -2.24. The van der Waals surface area contributed by atoms with Crippen LogP contribution in [-0.4, -0.2) is 35.2 Å². The molecule has 0 spiro atoms.